The van der Waals surface area contributed by atoms with E-state index in [4.69, 9.17) is 0 Å². The Balaban J connectivity index is 2.14. The smallest absolute Gasteiger partial charge is 0.251 e. The van der Waals surface area contributed by atoms with Crippen LogP contribution in [0.4, 0.5) is 0 Å². The van der Waals surface area contributed by atoms with E-state index < -0.39 is 6.04 Å². The van der Waals surface area contributed by atoms with Crippen LogP contribution in [0, 0.1) is 18.8 Å². The van der Waals surface area contributed by atoms with Crippen molar-refractivity contribution >= 4 is 17.7 Å². The Kier molecular flexibility index (Phi) is 8.23. The van der Waals surface area contributed by atoms with Crippen molar-refractivity contribution in [3.8, 4) is 0 Å². The molecule has 1 aliphatic heterocycles. The molecule has 0 saturated carbocycles. The van der Waals surface area contributed by atoms with Crippen LogP contribution in [0.5, 0.6) is 0 Å². The minimum absolute atomic E-state index is 0.00373. The summed E-state index contributed by atoms with van der Waals surface area (Å²) in [6, 6.07) is 6.77. The summed E-state index contributed by atoms with van der Waals surface area (Å²) in [5, 5.41) is 6.03. The molecule has 3 amide bonds. The molecule has 0 unspecified atom stereocenters. The highest BCUT2D eigenvalue weighted by Gasteiger charge is 2.34. The molecule has 2 atom stereocenters. The third kappa shape index (κ3) is 6.31. The van der Waals surface area contributed by atoms with Crippen LogP contribution in [0.25, 0.3) is 0 Å². The number of carbonyl (C=O) groups excluding carboxylic acids is 3. The van der Waals surface area contributed by atoms with Crippen molar-refractivity contribution in [3.63, 3.8) is 0 Å². The number of aryl methyl sites for hydroxylation is 1. The van der Waals surface area contributed by atoms with Crippen LogP contribution in [0.15, 0.2) is 24.3 Å². The molecule has 160 valence electrons. The number of likely N-dealkylation sites (tertiary alicyclic amines) is 1. The maximum atomic E-state index is 13.1. The van der Waals surface area contributed by atoms with E-state index in [1.165, 1.54) is 0 Å². The average Bonchev–Trinajstić information content (AvgIpc) is 2.71. The zero-order valence-corrected chi connectivity index (χ0v) is 18.3. The summed E-state index contributed by atoms with van der Waals surface area (Å²) in [4.78, 5) is 39.7. The van der Waals surface area contributed by atoms with Crippen LogP contribution >= 0.6 is 0 Å². The van der Waals surface area contributed by atoms with Gasteiger partial charge in [0.2, 0.25) is 11.8 Å². The second-order valence-corrected chi connectivity index (χ2v) is 8.43. The van der Waals surface area contributed by atoms with Gasteiger partial charge in [-0.05, 0) is 50.7 Å². The van der Waals surface area contributed by atoms with Gasteiger partial charge >= 0.3 is 0 Å². The third-order valence-electron chi connectivity index (χ3n) is 5.89. The number of rotatable bonds is 7. The molecule has 2 N–H and O–H groups in total. The highest BCUT2D eigenvalue weighted by Crippen LogP contribution is 2.22. The molecule has 2 rings (SSSR count). The molecule has 0 aromatic heterocycles. The lowest BCUT2D eigenvalue weighted by Gasteiger charge is -2.36. The Morgan fingerprint density at radius 2 is 1.76 bits per heavy atom. The van der Waals surface area contributed by atoms with Crippen LogP contribution in [0.2, 0.25) is 0 Å². The Labute approximate surface area is 174 Å². The lowest BCUT2D eigenvalue weighted by Crippen LogP contribution is -2.55. The molecule has 0 spiro atoms. The molecule has 0 bridgehead atoms. The standard InChI is InChI=1S/C23H35N3O3/c1-6-20(27)26-12-10-18(11-13-26)21(23(29)24-17(5)15(2)3)25-22(28)19-9-7-8-16(4)14-19/h7-9,14-15,17-18,21H,6,10-13H2,1-5H3,(H,24,29)(H,25,28)/t17-,21+/m1/s1. The summed E-state index contributed by atoms with van der Waals surface area (Å²) in [6.07, 6.45) is 1.90. The first kappa shape index (κ1) is 22.9. The van der Waals surface area contributed by atoms with Gasteiger partial charge in [0.05, 0.1) is 0 Å². The molecule has 6 heteroatoms. The summed E-state index contributed by atoms with van der Waals surface area (Å²) in [7, 11) is 0. The molecule has 1 fully saturated rings. The van der Waals surface area contributed by atoms with Gasteiger partial charge in [0.25, 0.3) is 5.91 Å². The monoisotopic (exact) mass is 401 g/mol. The molecule has 1 saturated heterocycles. The zero-order valence-electron chi connectivity index (χ0n) is 18.3. The SMILES string of the molecule is CCC(=O)N1CCC([C@H](NC(=O)c2cccc(C)c2)C(=O)N[C@H](C)C(C)C)CC1. The van der Waals surface area contributed by atoms with E-state index in [1.54, 1.807) is 6.07 Å². The summed E-state index contributed by atoms with van der Waals surface area (Å²) in [5.74, 6) is 0.0624. The summed E-state index contributed by atoms with van der Waals surface area (Å²) in [6.45, 7) is 11.1. The lowest BCUT2D eigenvalue weighted by molar-refractivity contribution is -0.132. The summed E-state index contributed by atoms with van der Waals surface area (Å²) in [5.41, 5.74) is 1.55. The van der Waals surface area contributed by atoms with Crippen molar-refractivity contribution in [2.75, 3.05) is 13.1 Å². The maximum absolute atomic E-state index is 13.1. The third-order valence-corrected chi connectivity index (χ3v) is 5.89. The van der Waals surface area contributed by atoms with Gasteiger partial charge in [-0.25, -0.2) is 0 Å². The highest BCUT2D eigenvalue weighted by atomic mass is 16.2. The Bertz CT molecular complexity index is 724. The zero-order chi connectivity index (χ0) is 21.6. The number of hydrogen-bond donors (Lipinski definition) is 2. The molecule has 0 aliphatic carbocycles. The first-order valence-electron chi connectivity index (χ1n) is 10.7. The van der Waals surface area contributed by atoms with Crippen LogP contribution in [0.1, 0.15) is 62.9 Å². The second-order valence-electron chi connectivity index (χ2n) is 8.43. The van der Waals surface area contributed by atoms with Crippen LogP contribution in [-0.4, -0.2) is 47.8 Å². The number of hydrogen-bond acceptors (Lipinski definition) is 3. The minimum Gasteiger partial charge on any atom is -0.352 e. The Hall–Kier alpha value is -2.37. The Morgan fingerprint density at radius 1 is 1.10 bits per heavy atom. The number of nitrogens with one attached hydrogen (secondary N) is 2. The van der Waals surface area contributed by atoms with E-state index in [0.717, 1.165) is 5.56 Å². The van der Waals surface area contributed by atoms with E-state index in [9.17, 15) is 14.4 Å². The number of carbonyl (C=O) groups is 3. The van der Waals surface area contributed by atoms with Crippen molar-refractivity contribution in [1.82, 2.24) is 15.5 Å². The van der Waals surface area contributed by atoms with Gasteiger partial charge in [-0.15, -0.1) is 0 Å². The number of piperidine rings is 1. The van der Waals surface area contributed by atoms with Gasteiger partial charge in [0.1, 0.15) is 6.04 Å². The van der Waals surface area contributed by atoms with Gasteiger partial charge in [-0.2, -0.15) is 0 Å². The fourth-order valence-corrected chi connectivity index (χ4v) is 3.59. The van der Waals surface area contributed by atoms with Gasteiger partial charge in [0.15, 0.2) is 0 Å². The fraction of sp³-hybridized carbons (Fsp3) is 0.609. The van der Waals surface area contributed by atoms with E-state index in [2.05, 4.69) is 24.5 Å². The molecule has 0 radical (unpaired) electrons. The highest BCUT2D eigenvalue weighted by molar-refractivity contribution is 5.97. The Morgan fingerprint density at radius 3 is 2.31 bits per heavy atom. The maximum Gasteiger partial charge on any atom is 0.251 e. The van der Waals surface area contributed by atoms with Gasteiger partial charge < -0.3 is 15.5 Å². The van der Waals surface area contributed by atoms with Crippen molar-refractivity contribution in [2.24, 2.45) is 11.8 Å². The van der Waals surface area contributed by atoms with Crippen LogP contribution < -0.4 is 10.6 Å². The predicted molar refractivity (Wildman–Crippen MR) is 114 cm³/mol. The normalized spacial score (nSPS) is 17.0. The van der Waals surface area contributed by atoms with Crippen molar-refractivity contribution in [1.29, 1.82) is 0 Å². The molecule has 1 heterocycles. The topological polar surface area (TPSA) is 78.5 Å². The molecule has 1 aromatic rings. The van der Waals surface area contributed by atoms with E-state index in [0.29, 0.717) is 43.8 Å². The lowest BCUT2D eigenvalue weighted by atomic mass is 9.88. The quantitative estimate of drug-likeness (QED) is 0.737. The van der Waals surface area contributed by atoms with E-state index >= 15 is 0 Å². The first-order chi connectivity index (χ1) is 13.7. The fourth-order valence-electron chi connectivity index (χ4n) is 3.59. The van der Waals surface area contributed by atoms with Crippen molar-refractivity contribution in [2.45, 2.75) is 66.0 Å². The van der Waals surface area contributed by atoms with Gasteiger partial charge in [0, 0.05) is 31.1 Å². The summed E-state index contributed by atoms with van der Waals surface area (Å²) >= 11 is 0. The average molecular weight is 402 g/mol. The van der Waals surface area contributed by atoms with Crippen molar-refractivity contribution in [3.05, 3.63) is 35.4 Å². The summed E-state index contributed by atoms with van der Waals surface area (Å²) < 4.78 is 0. The van der Waals surface area contributed by atoms with E-state index in [-0.39, 0.29) is 29.7 Å². The number of amides is 3. The predicted octanol–water partition coefficient (Wildman–Crippen LogP) is 2.90. The van der Waals surface area contributed by atoms with Gasteiger partial charge in [-0.3, -0.25) is 14.4 Å². The van der Waals surface area contributed by atoms with Crippen LogP contribution in [0.3, 0.4) is 0 Å². The molecular weight excluding hydrogens is 366 g/mol. The molecule has 1 aromatic carbocycles. The number of benzene rings is 1. The second kappa shape index (κ2) is 10.4. The first-order valence-corrected chi connectivity index (χ1v) is 10.7. The van der Waals surface area contributed by atoms with E-state index in [1.807, 2.05) is 43.9 Å². The van der Waals surface area contributed by atoms with Gasteiger partial charge in [-0.1, -0.05) is 38.5 Å². The molecule has 29 heavy (non-hydrogen) atoms. The molecule has 1 aliphatic rings. The van der Waals surface area contributed by atoms with Crippen LogP contribution in [-0.2, 0) is 9.59 Å². The number of nitrogens with zero attached hydrogens (tertiary/aromatic N) is 1. The minimum atomic E-state index is -0.608. The molecular formula is C23H35N3O3. The van der Waals surface area contributed by atoms with Crippen molar-refractivity contribution < 1.29 is 14.4 Å². The largest absolute Gasteiger partial charge is 0.352 e. The molecule has 6 nitrogen and oxygen atoms in total.